The highest BCUT2D eigenvalue weighted by molar-refractivity contribution is 8.20. The van der Waals surface area contributed by atoms with E-state index in [9.17, 15) is 0 Å². The predicted octanol–water partition coefficient (Wildman–Crippen LogP) is 3.89. The summed E-state index contributed by atoms with van der Waals surface area (Å²) >= 11 is 0. The molecule has 0 aromatic heterocycles. The van der Waals surface area contributed by atoms with Gasteiger partial charge in [0.2, 0.25) is 0 Å². The van der Waals surface area contributed by atoms with Crippen molar-refractivity contribution < 1.29 is 0 Å². The molecule has 0 N–H and O–H groups in total. The first-order valence-corrected chi connectivity index (χ1v) is 6.54. The summed E-state index contributed by atoms with van der Waals surface area (Å²) in [6, 6.07) is 0. The highest BCUT2D eigenvalue weighted by Gasteiger charge is 2.28. The van der Waals surface area contributed by atoms with Crippen LogP contribution in [0, 0.1) is 5.92 Å². The van der Waals surface area contributed by atoms with Gasteiger partial charge in [-0.3, -0.25) is 0 Å². The highest BCUT2D eigenvalue weighted by Crippen LogP contribution is 2.49. The van der Waals surface area contributed by atoms with E-state index in [1.807, 2.05) is 0 Å². The Kier molecular flexibility index (Phi) is 2.52. The Hall–Kier alpha value is -0.560. The summed E-state index contributed by atoms with van der Waals surface area (Å²) in [5.41, 5.74) is 1.48. The maximum Gasteiger partial charge on any atom is 0.0252 e. The Morgan fingerprint density at radius 1 is 1.36 bits per heavy atom. The van der Waals surface area contributed by atoms with Gasteiger partial charge >= 0.3 is 0 Å². The zero-order valence-corrected chi connectivity index (χ0v) is 10.2. The molecule has 2 atom stereocenters. The van der Waals surface area contributed by atoms with E-state index >= 15 is 0 Å². The van der Waals surface area contributed by atoms with E-state index < -0.39 is 0 Å². The molecule has 1 aliphatic carbocycles. The fraction of sp³-hybridized carbons (Fsp3) is 0.462. The van der Waals surface area contributed by atoms with Crippen LogP contribution in [-0.4, -0.2) is 10.1 Å². The molecular formula is C13H18S. The van der Waals surface area contributed by atoms with Crippen LogP contribution in [0.25, 0.3) is 0 Å². The maximum absolute atomic E-state index is 2.47. The summed E-state index contributed by atoms with van der Waals surface area (Å²) in [5.74, 6) is 0.751. The third-order valence-corrected chi connectivity index (χ3v) is 5.71. The van der Waals surface area contributed by atoms with Crippen LogP contribution < -0.4 is 0 Å². The first-order chi connectivity index (χ1) is 6.61. The Bertz CT molecular complexity index is 374. The van der Waals surface area contributed by atoms with Gasteiger partial charge in [0, 0.05) is 10.2 Å². The summed E-state index contributed by atoms with van der Waals surface area (Å²) in [4.78, 5) is 3.15. The summed E-state index contributed by atoms with van der Waals surface area (Å²) in [7, 11) is 0.370. The first-order valence-electron chi connectivity index (χ1n) is 5.25. The molecule has 2 unspecified atom stereocenters. The topological polar surface area (TPSA) is 0 Å². The van der Waals surface area contributed by atoms with Crippen LogP contribution in [0.2, 0.25) is 0 Å². The molecule has 0 nitrogen and oxygen atoms in total. The lowest BCUT2D eigenvalue weighted by Crippen LogP contribution is -2.09. The molecule has 0 radical (unpaired) electrons. The molecule has 0 aromatic carbocycles. The average Bonchev–Trinajstić information content (AvgIpc) is 2.58. The van der Waals surface area contributed by atoms with Gasteiger partial charge in [-0.15, -0.1) is 10.5 Å². The first kappa shape index (κ1) is 9.97. The molecule has 1 heteroatoms. The van der Waals surface area contributed by atoms with Crippen molar-refractivity contribution >= 4 is 15.3 Å². The van der Waals surface area contributed by atoms with Crippen LogP contribution >= 0.6 is 10.5 Å². The summed E-state index contributed by atoms with van der Waals surface area (Å²) in [6.45, 7) is 9.20. The molecule has 0 bridgehead atoms. The van der Waals surface area contributed by atoms with Crippen LogP contribution in [0.15, 0.2) is 34.8 Å². The largest absolute Gasteiger partial charge is 0.148 e. The normalized spacial score (nSPS) is 29.2. The molecular weight excluding hydrogens is 188 g/mol. The zero-order chi connectivity index (χ0) is 10.3. The molecule has 0 fully saturated rings. The SMILES string of the molecule is CC(C)=S1C2=CC=CC2=CC1C(C)C. The van der Waals surface area contributed by atoms with Gasteiger partial charge in [0.1, 0.15) is 0 Å². The number of rotatable bonds is 1. The van der Waals surface area contributed by atoms with E-state index in [1.54, 1.807) is 9.77 Å². The third-order valence-electron chi connectivity index (χ3n) is 2.76. The molecule has 2 aliphatic rings. The molecule has 1 aliphatic heterocycles. The Labute approximate surface area is 89.3 Å². The minimum atomic E-state index is 0.370. The van der Waals surface area contributed by atoms with E-state index in [4.69, 9.17) is 0 Å². The van der Waals surface area contributed by atoms with Gasteiger partial charge in [-0.2, -0.15) is 0 Å². The predicted molar refractivity (Wildman–Crippen MR) is 67.9 cm³/mol. The van der Waals surface area contributed by atoms with Crippen molar-refractivity contribution in [1.29, 1.82) is 0 Å². The lowest BCUT2D eigenvalue weighted by molar-refractivity contribution is 0.680. The van der Waals surface area contributed by atoms with Crippen LogP contribution in [-0.2, 0) is 0 Å². The van der Waals surface area contributed by atoms with E-state index in [1.165, 1.54) is 5.57 Å². The average molecular weight is 206 g/mol. The van der Waals surface area contributed by atoms with Gasteiger partial charge in [-0.25, -0.2) is 0 Å². The second-order valence-corrected chi connectivity index (χ2v) is 6.94. The standard InChI is InChI=1S/C13H18S/c1-9(2)13-8-11-6-5-7-12(11)14(13)10(3)4/h5-9,13H,1-4H3. The number of hydrogen-bond acceptors (Lipinski definition) is 0. The third kappa shape index (κ3) is 1.44. The highest BCUT2D eigenvalue weighted by atomic mass is 32.2. The molecule has 14 heavy (non-hydrogen) atoms. The monoisotopic (exact) mass is 206 g/mol. The molecule has 0 spiro atoms. The van der Waals surface area contributed by atoms with Crippen molar-refractivity contribution in [2.24, 2.45) is 5.92 Å². The van der Waals surface area contributed by atoms with E-state index in [0.717, 1.165) is 11.2 Å². The van der Waals surface area contributed by atoms with Crippen molar-refractivity contribution in [3.63, 3.8) is 0 Å². The van der Waals surface area contributed by atoms with E-state index in [0.29, 0.717) is 10.5 Å². The Morgan fingerprint density at radius 3 is 2.64 bits per heavy atom. The lowest BCUT2D eigenvalue weighted by atomic mass is 10.1. The summed E-state index contributed by atoms with van der Waals surface area (Å²) in [5, 5.41) is 0.742. The van der Waals surface area contributed by atoms with E-state index in [-0.39, 0.29) is 0 Å². The molecule has 0 saturated heterocycles. The second kappa shape index (κ2) is 3.54. The van der Waals surface area contributed by atoms with E-state index in [2.05, 4.69) is 52.0 Å². The molecule has 1 heterocycles. The van der Waals surface area contributed by atoms with Crippen molar-refractivity contribution in [3.05, 3.63) is 34.8 Å². The minimum Gasteiger partial charge on any atom is -0.148 e. The number of hydrogen-bond donors (Lipinski definition) is 0. The van der Waals surface area contributed by atoms with Crippen LogP contribution in [0.1, 0.15) is 27.7 Å². The Morgan fingerprint density at radius 2 is 2.07 bits per heavy atom. The van der Waals surface area contributed by atoms with Gasteiger partial charge in [0.25, 0.3) is 0 Å². The molecule has 0 saturated carbocycles. The molecule has 76 valence electrons. The number of fused-ring (bicyclic) bond motifs is 1. The molecule has 0 aromatic rings. The Balaban J connectivity index is 2.47. The summed E-state index contributed by atoms with van der Waals surface area (Å²) < 4.78 is 0. The van der Waals surface area contributed by atoms with Crippen molar-refractivity contribution in [2.45, 2.75) is 32.9 Å². The van der Waals surface area contributed by atoms with Gasteiger partial charge < -0.3 is 0 Å². The van der Waals surface area contributed by atoms with Crippen LogP contribution in [0.4, 0.5) is 0 Å². The van der Waals surface area contributed by atoms with Crippen molar-refractivity contribution in [2.75, 3.05) is 0 Å². The number of allylic oxidation sites excluding steroid dienone is 4. The fourth-order valence-corrected chi connectivity index (χ4v) is 4.82. The van der Waals surface area contributed by atoms with Gasteiger partial charge in [0.05, 0.1) is 0 Å². The molecule has 2 rings (SSSR count). The van der Waals surface area contributed by atoms with Crippen LogP contribution in [0.5, 0.6) is 0 Å². The van der Waals surface area contributed by atoms with Gasteiger partial charge in [-0.05, 0) is 36.3 Å². The van der Waals surface area contributed by atoms with Crippen molar-refractivity contribution in [3.8, 4) is 0 Å². The van der Waals surface area contributed by atoms with Gasteiger partial charge in [-0.1, -0.05) is 32.1 Å². The maximum atomic E-state index is 2.47. The zero-order valence-electron chi connectivity index (χ0n) is 9.37. The fourth-order valence-electron chi connectivity index (χ4n) is 2.10. The van der Waals surface area contributed by atoms with Gasteiger partial charge in [0.15, 0.2) is 0 Å². The minimum absolute atomic E-state index is 0.370. The van der Waals surface area contributed by atoms with Crippen molar-refractivity contribution in [1.82, 2.24) is 0 Å². The lowest BCUT2D eigenvalue weighted by Gasteiger charge is -2.19. The second-order valence-electron chi connectivity index (χ2n) is 4.47. The van der Waals surface area contributed by atoms with Crippen LogP contribution in [0.3, 0.4) is 0 Å². The summed E-state index contributed by atoms with van der Waals surface area (Å²) in [6.07, 6.45) is 9.20. The smallest absolute Gasteiger partial charge is 0.0252 e. The quantitative estimate of drug-likeness (QED) is 0.571. The molecule has 0 amide bonds.